The third-order valence-corrected chi connectivity index (χ3v) is 11.0. The van der Waals surface area contributed by atoms with Crippen molar-refractivity contribution in [3.8, 4) is 0 Å². The molecule has 0 saturated carbocycles. The maximum Gasteiger partial charge on any atom is 0.361 e. The van der Waals surface area contributed by atoms with Gasteiger partial charge in [-0.05, 0) is 55.0 Å². The molecule has 0 bridgehead atoms. The number of amides is 1. The number of nitrogens with two attached hydrogens (primary N) is 1. The Bertz CT molecular complexity index is 1390. The smallest absolute Gasteiger partial charge is 0.361 e. The number of carbonyl (C=O) groups excluding carboxylic acids is 2. The lowest BCUT2D eigenvalue weighted by Gasteiger charge is -2.53. The van der Waals surface area contributed by atoms with Crippen molar-refractivity contribution >= 4 is 23.5 Å². The van der Waals surface area contributed by atoms with E-state index in [1.54, 1.807) is 0 Å². The molecular formula is C38H49ClN3O4+. The van der Waals surface area contributed by atoms with Crippen molar-refractivity contribution in [1.82, 2.24) is 4.90 Å². The number of benzene rings is 3. The van der Waals surface area contributed by atoms with Crippen LogP contribution in [0.3, 0.4) is 0 Å². The summed E-state index contributed by atoms with van der Waals surface area (Å²) in [7, 11) is 0. The number of carbonyl (C=O) groups is 2. The van der Waals surface area contributed by atoms with E-state index >= 15 is 0 Å². The second-order valence-electron chi connectivity index (χ2n) is 13.5. The maximum absolute atomic E-state index is 13.3. The number of primary amides is 1. The number of halogens is 1. The summed E-state index contributed by atoms with van der Waals surface area (Å²) in [6, 6.07) is 28.8. The van der Waals surface area contributed by atoms with Crippen LogP contribution in [0.4, 0.5) is 0 Å². The Morgan fingerprint density at radius 2 is 1.52 bits per heavy atom. The first-order valence-corrected chi connectivity index (χ1v) is 17.1. The molecule has 5 rings (SSSR count). The number of ether oxygens (including phenoxy) is 1. The Hall–Kier alpha value is -3.23. The normalized spacial score (nSPS) is 22.6. The number of likely N-dealkylation sites (tertiary alicyclic amines) is 2. The molecule has 1 amide bonds. The number of hydrogen-bond acceptors (Lipinski definition) is 5. The molecule has 8 heteroatoms. The van der Waals surface area contributed by atoms with E-state index in [9.17, 15) is 14.7 Å². The Kier molecular flexibility index (Phi) is 10.9. The van der Waals surface area contributed by atoms with E-state index in [-0.39, 0.29) is 35.9 Å². The fraction of sp³-hybridized carbons (Fsp3) is 0.474. The Morgan fingerprint density at radius 3 is 2.02 bits per heavy atom. The van der Waals surface area contributed by atoms with Crippen LogP contribution in [0.25, 0.3) is 0 Å². The van der Waals surface area contributed by atoms with E-state index in [1.807, 2.05) is 31.2 Å². The minimum Gasteiger partial charge on any atom is -0.462 e. The van der Waals surface area contributed by atoms with Crippen LogP contribution in [0.15, 0.2) is 84.9 Å². The van der Waals surface area contributed by atoms with Gasteiger partial charge < -0.3 is 15.6 Å². The van der Waals surface area contributed by atoms with Crippen LogP contribution in [0.2, 0.25) is 5.02 Å². The number of aliphatic hydroxyl groups is 1. The SMILES string of the molecule is CCOC(=O)C[N+]1(C(CCC(C)(c2ccccc2)c2ccccc2)N2CCC(O)(c3ccc(Cl)cc3)CC2)CCC(C(N)=O)CC1. The summed E-state index contributed by atoms with van der Waals surface area (Å²) >= 11 is 6.16. The average Bonchev–Trinajstić information content (AvgIpc) is 3.07. The quantitative estimate of drug-likeness (QED) is 0.186. The predicted molar refractivity (Wildman–Crippen MR) is 182 cm³/mol. The minimum absolute atomic E-state index is 0.0141. The topological polar surface area (TPSA) is 92.9 Å². The van der Waals surface area contributed by atoms with Gasteiger partial charge in [-0.25, -0.2) is 4.79 Å². The van der Waals surface area contributed by atoms with Gasteiger partial charge in [0.2, 0.25) is 5.91 Å². The molecule has 0 aliphatic carbocycles. The number of esters is 1. The molecule has 2 aliphatic rings. The second-order valence-corrected chi connectivity index (χ2v) is 13.9. The van der Waals surface area contributed by atoms with Crippen molar-refractivity contribution in [3.63, 3.8) is 0 Å². The summed E-state index contributed by atoms with van der Waals surface area (Å²) in [5.41, 5.74) is 7.95. The van der Waals surface area contributed by atoms with Gasteiger partial charge >= 0.3 is 5.97 Å². The molecule has 2 saturated heterocycles. The molecule has 0 spiro atoms. The maximum atomic E-state index is 13.3. The number of nitrogens with zero attached hydrogens (tertiary/aromatic N) is 2. The molecule has 0 aromatic heterocycles. The van der Waals surface area contributed by atoms with Crippen LogP contribution >= 0.6 is 11.6 Å². The highest BCUT2D eigenvalue weighted by atomic mass is 35.5. The van der Waals surface area contributed by atoms with Gasteiger partial charge in [-0.3, -0.25) is 14.2 Å². The highest BCUT2D eigenvalue weighted by Gasteiger charge is 2.49. The van der Waals surface area contributed by atoms with E-state index in [0.29, 0.717) is 68.0 Å². The molecule has 2 heterocycles. The van der Waals surface area contributed by atoms with E-state index in [4.69, 9.17) is 22.1 Å². The van der Waals surface area contributed by atoms with Gasteiger partial charge in [0.25, 0.3) is 0 Å². The summed E-state index contributed by atoms with van der Waals surface area (Å²) in [5.74, 6) is -0.671. The average molecular weight is 647 g/mol. The number of piperidine rings is 2. The molecule has 1 unspecified atom stereocenters. The van der Waals surface area contributed by atoms with Gasteiger partial charge in [-0.1, -0.05) is 91.3 Å². The van der Waals surface area contributed by atoms with Crippen molar-refractivity contribution in [1.29, 1.82) is 0 Å². The van der Waals surface area contributed by atoms with Crippen LogP contribution in [0.5, 0.6) is 0 Å². The van der Waals surface area contributed by atoms with Crippen molar-refractivity contribution in [2.45, 2.75) is 69.6 Å². The lowest BCUT2D eigenvalue weighted by Crippen LogP contribution is -2.68. The van der Waals surface area contributed by atoms with Crippen molar-refractivity contribution in [3.05, 3.63) is 107 Å². The third kappa shape index (κ3) is 7.49. The highest BCUT2D eigenvalue weighted by Crippen LogP contribution is 2.42. The first kappa shape index (κ1) is 34.1. The Balaban J connectivity index is 1.50. The zero-order chi connectivity index (χ0) is 32.8. The fourth-order valence-corrected chi connectivity index (χ4v) is 8.05. The summed E-state index contributed by atoms with van der Waals surface area (Å²) in [6.45, 7) is 7.43. The largest absolute Gasteiger partial charge is 0.462 e. The zero-order valence-electron chi connectivity index (χ0n) is 27.2. The van der Waals surface area contributed by atoms with Crippen molar-refractivity contribution in [2.75, 3.05) is 39.3 Å². The molecule has 1 atom stereocenters. The van der Waals surface area contributed by atoms with E-state index < -0.39 is 5.60 Å². The van der Waals surface area contributed by atoms with Crippen molar-refractivity contribution < 1.29 is 23.9 Å². The lowest BCUT2D eigenvalue weighted by molar-refractivity contribution is -0.961. The zero-order valence-corrected chi connectivity index (χ0v) is 28.0. The molecule has 3 aromatic carbocycles. The predicted octanol–water partition coefficient (Wildman–Crippen LogP) is 6.01. The van der Waals surface area contributed by atoms with Gasteiger partial charge in [0, 0.05) is 48.7 Å². The Morgan fingerprint density at radius 1 is 0.978 bits per heavy atom. The van der Waals surface area contributed by atoms with Crippen LogP contribution in [0.1, 0.15) is 69.1 Å². The van der Waals surface area contributed by atoms with Crippen LogP contribution in [0, 0.1) is 5.92 Å². The number of quaternary nitrogens is 1. The van der Waals surface area contributed by atoms with Gasteiger partial charge in [0.15, 0.2) is 6.54 Å². The van der Waals surface area contributed by atoms with Gasteiger partial charge in [0.05, 0.1) is 25.3 Å². The molecule has 3 N–H and O–H groups in total. The fourth-order valence-electron chi connectivity index (χ4n) is 7.92. The lowest BCUT2D eigenvalue weighted by atomic mass is 9.72. The molecule has 7 nitrogen and oxygen atoms in total. The monoisotopic (exact) mass is 646 g/mol. The number of hydrogen-bond donors (Lipinski definition) is 2. The van der Waals surface area contributed by atoms with E-state index in [1.165, 1.54) is 11.1 Å². The molecule has 246 valence electrons. The summed E-state index contributed by atoms with van der Waals surface area (Å²) in [6.07, 6.45) is 4.09. The van der Waals surface area contributed by atoms with Crippen LogP contribution < -0.4 is 5.73 Å². The van der Waals surface area contributed by atoms with Crippen molar-refractivity contribution in [2.24, 2.45) is 11.7 Å². The summed E-state index contributed by atoms with van der Waals surface area (Å²) in [5, 5.41) is 12.4. The highest BCUT2D eigenvalue weighted by molar-refractivity contribution is 6.30. The molecule has 3 aromatic rings. The standard InChI is InChI=1S/C38H48ClN3O4/c1-3-46-35(43)28-42(26-19-29(20-27-42)36(40)44)34(41-24-22-38(45,23-25-41)32-14-16-33(39)17-15-32)18-21-37(2,30-10-6-4-7-11-30)31-12-8-5-9-13-31/h4-17,29,34,45H,3,18-28H2,1-2H3,(H-,40,44)/p+1. The van der Waals surface area contributed by atoms with Gasteiger partial charge in [-0.15, -0.1) is 0 Å². The van der Waals surface area contributed by atoms with Crippen LogP contribution in [-0.4, -0.2) is 71.9 Å². The van der Waals surface area contributed by atoms with Gasteiger partial charge in [0.1, 0.15) is 6.17 Å². The Labute approximate surface area is 278 Å². The van der Waals surface area contributed by atoms with Gasteiger partial charge in [-0.2, -0.15) is 0 Å². The molecular weight excluding hydrogens is 598 g/mol. The first-order valence-electron chi connectivity index (χ1n) is 16.7. The third-order valence-electron chi connectivity index (χ3n) is 10.8. The summed E-state index contributed by atoms with van der Waals surface area (Å²) in [4.78, 5) is 28.0. The summed E-state index contributed by atoms with van der Waals surface area (Å²) < 4.78 is 6.08. The molecule has 2 fully saturated rings. The molecule has 2 aliphatic heterocycles. The minimum atomic E-state index is -0.945. The number of rotatable bonds is 12. The van der Waals surface area contributed by atoms with E-state index in [0.717, 1.165) is 18.4 Å². The van der Waals surface area contributed by atoms with E-state index in [2.05, 4.69) is 72.5 Å². The first-order chi connectivity index (χ1) is 22.1. The molecule has 0 radical (unpaired) electrons. The molecule has 46 heavy (non-hydrogen) atoms. The van der Waals surface area contributed by atoms with Crippen LogP contribution in [-0.2, 0) is 25.3 Å². The second kappa shape index (κ2) is 14.7.